The van der Waals surface area contributed by atoms with E-state index in [1.165, 1.54) is 16.7 Å². The molecule has 0 amide bonds. The van der Waals surface area contributed by atoms with Gasteiger partial charge in [-0.25, -0.2) is 9.97 Å². The quantitative estimate of drug-likeness (QED) is 0.175. The standard InChI is InChI=1S/C56H35N3O/c1-3-16-36(17-4-1)39-21-11-22-40(34-39)48-35-49(59-55(58-48)38-18-5-2-6-19-38)43-26-14-30-47-53(43)52-41(42-25-12-20-37-23-15-33-57-54(37)42)24-13-29-46(52)56(47)44-27-7-9-31-50(44)60-51-32-10-8-28-45(51)56/h1-35H. The first-order chi connectivity index (χ1) is 29.8. The topological polar surface area (TPSA) is 47.9 Å². The first kappa shape index (κ1) is 34.1. The summed E-state index contributed by atoms with van der Waals surface area (Å²) in [6.45, 7) is 0. The van der Waals surface area contributed by atoms with E-state index in [0.29, 0.717) is 5.82 Å². The lowest BCUT2D eigenvalue weighted by Gasteiger charge is -2.39. The molecule has 3 heterocycles. The summed E-state index contributed by atoms with van der Waals surface area (Å²) in [6, 6.07) is 72.8. The molecular weight excluding hydrogens is 731 g/mol. The molecule has 0 radical (unpaired) electrons. The van der Waals surface area contributed by atoms with E-state index in [-0.39, 0.29) is 0 Å². The molecule has 2 aliphatic rings. The van der Waals surface area contributed by atoms with Gasteiger partial charge in [-0.1, -0.05) is 176 Å². The molecule has 4 heteroatoms. The van der Waals surface area contributed by atoms with Crippen molar-refractivity contribution in [2.45, 2.75) is 5.41 Å². The molecule has 8 aromatic carbocycles. The van der Waals surface area contributed by atoms with E-state index < -0.39 is 5.41 Å². The second-order valence-corrected chi connectivity index (χ2v) is 15.5. The monoisotopic (exact) mass is 765 g/mol. The molecule has 4 nitrogen and oxygen atoms in total. The Morgan fingerprint density at radius 3 is 1.65 bits per heavy atom. The van der Waals surface area contributed by atoms with Crippen LogP contribution in [0.5, 0.6) is 11.5 Å². The maximum Gasteiger partial charge on any atom is 0.160 e. The third-order valence-corrected chi connectivity index (χ3v) is 12.2. The van der Waals surface area contributed by atoms with Crippen LogP contribution in [0.3, 0.4) is 0 Å². The van der Waals surface area contributed by atoms with Crippen LogP contribution in [0.25, 0.3) is 78.2 Å². The van der Waals surface area contributed by atoms with Crippen molar-refractivity contribution in [3.05, 3.63) is 235 Å². The molecule has 10 aromatic rings. The van der Waals surface area contributed by atoms with Crippen LogP contribution in [0.2, 0.25) is 0 Å². The van der Waals surface area contributed by atoms with Gasteiger partial charge in [-0.2, -0.15) is 0 Å². The molecular formula is C56H35N3O. The molecule has 280 valence electrons. The van der Waals surface area contributed by atoms with Crippen LogP contribution in [-0.2, 0) is 5.41 Å². The second-order valence-electron chi connectivity index (χ2n) is 15.5. The summed E-state index contributed by atoms with van der Waals surface area (Å²) in [4.78, 5) is 15.7. The van der Waals surface area contributed by atoms with Crippen LogP contribution < -0.4 is 4.74 Å². The van der Waals surface area contributed by atoms with Crippen molar-refractivity contribution in [2.75, 3.05) is 0 Å². The Kier molecular flexibility index (Phi) is 7.72. The predicted molar refractivity (Wildman–Crippen MR) is 242 cm³/mol. The van der Waals surface area contributed by atoms with Gasteiger partial charge in [-0.3, -0.25) is 4.98 Å². The van der Waals surface area contributed by atoms with Gasteiger partial charge in [0.2, 0.25) is 0 Å². The predicted octanol–water partition coefficient (Wildman–Crippen LogP) is 13.8. The van der Waals surface area contributed by atoms with Crippen molar-refractivity contribution in [3.63, 3.8) is 0 Å². The highest BCUT2D eigenvalue weighted by molar-refractivity contribution is 6.06. The highest BCUT2D eigenvalue weighted by Crippen LogP contribution is 2.64. The fourth-order valence-electron chi connectivity index (χ4n) is 9.69. The summed E-state index contributed by atoms with van der Waals surface area (Å²) in [5.74, 6) is 2.38. The van der Waals surface area contributed by atoms with Crippen molar-refractivity contribution in [2.24, 2.45) is 0 Å². The Hall–Kier alpha value is -7.95. The number of hydrogen-bond donors (Lipinski definition) is 0. The van der Waals surface area contributed by atoms with E-state index in [1.807, 2.05) is 30.5 Å². The molecule has 60 heavy (non-hydrogen) atoms. The molecule has 0 saturated heterocycles. The number of benzene rings is 8. The van der Waals surface area contributed by atoms with E-state index in [0.717, 1.165) is 89.4 Å². The van der Waals surface area contributed by atoms with E-state index in [4.69, 9.17) is 19.7 Å². The summed E-state index contributed by atoms with van der Waals surface area (Å²) in [6.07, 6.45) is 1.89. The fourth-order valence-corrected chi connectivity index (χ4v) is 9.69. The lowest BCUT2D eigenvalue weighted by Crippen LogP contribution is -2.32. The second kappa shape index (κ2) is 13.6. The summed E-state index contributed by atoms with van der Waals surface area (Å²) in [7, 11) is 0. The highest BCUT2D eigenvalue weighted by atomic mass is 16.5. The Balaban J connectivity index is 1.19. The summed E-state index contributed by atoms with van der Waals surface area (Å²) in [5, 5.41) is 1.10. The normalized spacial score (nSPS) is 12.9. The molecule has 2 aromatic heterocycles. The van der Waals surface area contributed by atoms with E-state index in [1.54, 1.807) is 0 Å². The highest BCUT2D eigenvalue weighted by Gasteiger charge is 2.52. The number of pyridine rings is 1. The van der Waals surface area contributed by atoms with Crippen molar-refractivity contribution in [1.29, 1.82) is 0 Å². The summed E-state index contributed by atoms with van der Waals surface area (Å²) >= 11 is 0. The van der Waals surface area contributed by atoms with Crippen molar-refractivity contribution >= 4 is 10.9 Å². The third-order valence-electron chi connectivity index (χ3n) is 12.2. The first-order valence-electron chi connectivity index (χ1n) is 20.3. The molecule has 0 N–H and O–H groups in total. The zero-order valence-corrected chi connectivity index (χ0v) is 32.5. The van der Waals surface area contributed by atoms with Gasteiger partial charge in [-0.15, -0.1) is 0 Å². The van der Waals surface area contributed by atoms with Crippen LogP contribution in [0.1, 0.15) is 22.3 Å². The minimum atomic E-state index is -0.678. The van der Waals surface area contributed by atoms with Gasteiger partial charge in [0.05, 0.1) is 22.3 Å². The SMILES string of the molecule is c1ccc(-c2cccc(-c3cc(-c4cccc5c4-c4c(-c6cccc7cccnc67)cccc4C54c5ccccc5Oc5ccccc54)nc(-c4ccccc4)n3)c2)cc1. The lowest BCUT2D eigenvalue weighted by atomic mass is 9.66. The smallest absolute Gasteiger partial charge is 0.160 e. The zero-order chi connectivity index (χ0) is 39.6. The number of rotatable bonds is 5. The maximum absolute atomic E-state index is 6.72. The maximum atomic E-state index is 6.72. The van der Waals surface area contributed by atoms with Gasteiger partial charge in [0.25, 0.3) is 0 Å². The number of nitrogens with zero attached hydrogens (tertiary/aromatic N) is 3. The van der Waals surface area contributed by atoms with Gasteiger partial charge >= 0.3 is 0 Å². The molecule has 1 spiro atoms. The number of aromatic nitrogens is 3. The van der Waals surface area contributed by atoms with Crippen LogP contribution >= 0.6 is 0 Å². The fraction of sp³-hybridized carbons (Fsp3) is 0.0179. The van der Waals surface area contributed by atoms with Crippen LogP contribution in [-0.4, -0.2) is 15.0 Å². The molecule has 1 aliphatic heterocycles. The average Bonchev–Trinajstić information content (AvgIpc) is 3.63. The largest absolute Gasteiger partial charge is 0.457 e. The number of fused-ring (bicyclic) bond motifs is 10. The van der Waals surface area contributed by atoms with Crippen molar-refractivity contribution in [1.82, 2.24) is 15.0 Å². The third kappa shape index (κ3) is 5.14. The first-order valence-corrected chi connectivity index (χ1v) is 20.3. The summed E-state index contributed by atoms with van der Waals surface area (Å²) < 4.78 is 6.72. The number of para-hydroxylation sites is 3. The molecule has 0 fully saturated rings. The van der Waals surface area contributed by atoms with E-state index >= 15 is 0 Å². The minimum absolute atomic E-state index is 0.673. The van der Waals surface area contributed by atoms with Gasteiger partial charge in [0.15, 0.2) is 5.82 Å². The van der Waals surface area contributed by atoms with Gasteiger partial charge in [-0.05, 0) is 69.3 Å². The Morgan fingerprint density at radius 1 is 0.367 bits per heavy atom. The Labute approximate surface area is 348 Å². The van der Waals surface area contributed by atoms with Crippen molar-refractivity contribution in [3.8, 4) is 78.8 Å². The molecule has 0 unspecified atom stereocenters. The Bertz CT molecular complexity index is 3250. The molecule has 0 bridgehead atoms. The molecule has 0 atom stereocenters. The molecule has 12 rings (SSSR count). The van der Waals surface area contributed by atoms with E-state index in [9.17, 15) is 0 Å². The van der Waals surface area contributed by atoms with Gasteiger partial charge in [0, 0.05) is 45.0 Å². The molecule has 1 aliphatic carbocycles. The number of hydrogen-bond acceptors (Lipinski definition) is 4. The summed E-state index contributed by atoms with van der Waals surface area (Å²) in [5.41, 5.74) is 16.4. The van der Waals surface area contributed by atoms with Crippen LogP contribution in [0.4, 0.5) is 0 Å². The Morgan fingerprint density at radius 2 is 0.900 bits per heavy atom. The molecule has 0 saturated carbocycles. The van der Waals surface area contributed by atoms with E-state index in [2.05, 4.69) is 182 Å². The number of ether oxygens (including phenoxy) is 1. The van der Waals surface area contributed by atoms with Crippen LogP contribution in [0, 0.1) is 0 Å². The zero-order valence-electron chi connectivity index (χ0n) is 32.5. The van der Waals surface area contributed by atoms with Gasteiger partial charge in [0.1, 0.15) is 11.5 Å². The van der Waals surface area contributed by atoms with Crippen molar-refractivity contribution < 1.29 is 4.74 Å². The minimum Gasteiger partial charge on any atom is -0.457 e. The van der Waals surface area contributed by atoms with Gasteiger partial charge < -0.3 is 4.74 Å². The average molecular weight is 766 g/mol. The van der Waals surface area contributed by atoms with Crippen LogP contribution in [0.15, 0.2) is 212 Å². The lowest BCUT2D eigenvalue weighted by molar-refractivity contribution is 0.436.